The maximum atomic E-state index is 11.9. The summed E-state index contributed by atoms with van der Waals surface area (Å²) in [5, 5.41) is 0. The summed E-state index contributed by atoms with van der Waals surface area (Å²) in [6.45, 7) is 7.85. The molecule has 17 heavy (non-hydrogen) atoms. The van der Waals surface area contributed by atoms with E-state index >= 15 is 0 Å². The zero-order valence-electron chi connectivity index (χ0n) is 10.5. The van der Waals surface area contributed by atoms with Gasteiger partial charge in [0.25, 0.3) is 0 Å². The fourth-order valence-electron chi connectivity index (χ4n) is 1.46. The molecule has 0 unspecified atom stereocenters. The summed E-state index contributed by atoms with van der Waals surface area (Å²) in [6.07, 6.45) is 0.00118. The van der Waals surface area contributed by atoms with Crippen LogP contribution in [0.2, 0.25) is 0 Å². The molecule has 0 aliphatic carbocycles. The topological polar surface area (TPSA) is 35.5 Å². The Morgan fingerprint density at radius 2 is 2.06 bits per heavy atom. The van der Waals surface area contributed by atoms with Gasteiger partial charge in [-0.25, -0.2) is 4.79 Å². The van der Waals surface area contributed by atoms with Gasteiger partial charge in [0.2, 0.25) is 0 Å². The second-order valence-corrected chi connectivity index (χ2v) is 4.81. The van der Waals surface area contributed by atoms with Crippen LogP contribution in [0.1, 0.15) is 36.7 Å². The quantitative estimate of drug-likeness (QED) is 0.795. The minimum atomic E-state index is -0.345. The van der Waals surface area contributed by atoms with Crippen molar-refractivity contribution >= 4 is 21.9 Å². The van der Waals surface area contributed by atoms with Gasteiger partial charge in [-0.15, -0.1) is 0 Å². The Morgan fingerprint density at radius 3 is 2.59 bits per heavy atom. The van der Waals surface area contributed by atoms with Crippen molar-refractivity contribution in [1.29, 1.82) is 0 Å². The lowest BCUT2D eigenvalue weighted by molar-refractivity contribution is 0.0519. The first-order valence-corrected chi connectivity index (χ1v) is 6.39. The normalized spacial score (nSPS) is 10.5. The van der Waals surface area contributed by atoms with Crippen LogP contribution in [0.4, 0.5) is 0 Å². The summed E-state index contributed by atoms with van der Waals surface area (Å²) in [5.74, 6) is 0.209. The van der Waals surface area contributed by atoms with Gasteiger partial charge in [0.05, 0.1) is 17.2 Å². The van der Waals surface area contributed by atoms with E-state index in [1.165, 1.54) is 0 Å². The van der Waals surface area contributed by atoms with E-state index in [4.69, 9.17) is 9.47 Å². The van der Waals surface area contributed by atoms with Crippen molar-refractivity contribution in [2.45, 2.75) is 33.8 Å². The summed E-state index contributed by atoms with van der Waals surface area (Å²) in [5.41, 5.74) is 1.34. The molecule has 0 bridgehead atoms. The van der Waals surface area contributed by atoms with E-state index in [0.29, 0.717) is 17.9 Å². The van der Waals surface area contributed by atoms with E-state index in [-0.39, 0.29) is 12.1 Å². The molecule has 1 aromatic carbocycles. The molecule has 0 atom stereocenters. The van der Waals surface area contributed by atoms with Crippen LogP contribution in [0.25, 0.3) is 0 Å². The number of rotatable bonds is 4. The fourth-order valence-corrected chi connectivity index (χ4v) is 1.89. The summed E-state index contributed by atoms with van der Waals surface area (Å²) in [6, 6.07) is 3.74. The Balaban J connectivity index is 3.24. The molecule has 0 saturated heterocycles. The maximum absolute atomic E-state index is 11.9. The molecule has 0 aliphatic rings. The highest BCUT2D eigenvalue weighted by molar-refractivity contribution is 9.10. The van der Waals surface area contributed by atoms with Gasteiger partial charge < -0.3 is 9.47 Å². The first kappa shape index (κ1) is 14.0. The molecule has 0 spiro atoms. The number of carbonyl (C=O) groups is 1. The highest BCUT2D eigenvalue weighted by Gasteiger charge is 2.20. The highest BCUT2D eigenvalue weighted by Crippen LogP contribution is 2.33. The standard InChI is InChI=1S/C13H17BrO3/c1-5-16-13(15)11-9(4)6-7-10(14)12(11)17-8(2)3/h6-8H,5H2,1-4H3. The summed E-state index contributed by atoms with van der Waals surface area (Å²) >= 11 is 3.40. The smallest absolute Gasteiger partial charge is 0.342 e. The molecule has 94 valence electrons. The van der Waals surface area contributed by atoms with Crippen molar-refractivity contribution in [1.82, 2.24) is 0 Å². The molecule has 0 heterocycles. The molecule has 1 rings (SSSR count). The molecule has 0 amide bonds. The molecule has 0 aliphatic heterocycles. The second kappa shape index (κ2) is 6.05. The van der Waals surface area contributed by atoms with E-state index in [9.17, 15) is 4.79 Å². The molecule has 0 fully saturated rings. The van der Waals surface area contributed by atoms with Crippen LogP contribution in [0.15, 0.2) is 16.6 Å². The van der Waals surface area contributed by atoms with Crippen LogP contribution in [-0.2, 0) is 4.74 Å². The van der Waals surface area contributed by atoms with E-state index in [0.717, 1.165) is 10.0 Å². The average molecular weight is 301 g/mol. The van der Waals surface area contributed by atoms with Crippen molar-refractivity contribution in [2.75, 3.05) is 6.61 Å². The third kappa shape index (κ3) is 3.46. The van der Waals surface area contributed by atoms with E-state index < -0.39 is 0 Å². The fraction of sp³-hybridized carbons (Fsp3) is 0.462. The largest absolute Gasteiger partial charge is 0.489 e. The van der Waals surface area contributed by atoms with Gasteiger partial charge >= 0.3 is 5.97 Å². The highest BCUT2D eigenvalue weighted by atomic mass is 79.9. The maximum Gasteiger partial charge on any atom is 0.342 e. The monoisotopic (exact) mass is 300 g/mol. The predicted octanol–water partition coefficient (Wildman–Crippen LogP) is 3.72. The zero-order valence-corrected chi connectivity index (χ0v) is 12.1. The van der Waals surface area contributed by atoms with Gasteiger partial charge in [0, 0.05) is 0 Å². The number of hydrogen-bond donors (Lipinski definition) is 0. The lowest BCUT2D eigenvalue weighted by Crippen LogP contribution is -2.14. The summed E-state index contributed by atoms with van der Waals surface area (Å²) in [7, 11) is 0. The average Bonchev–Trinajstić information content (AvgIpc) is 2.23. The van der Waals surface area contributed by atoms with Crippen LogP contribution in [0.3, 0.4) is 0 Å². The molecule has 1 aromatic rings. The first-order valence-electron chi connectivity index (χ1n) is 5.60. The Hall–Kier alpha value is -1.03. The SMILES string of the molecule is CCOC(=O)c1c(C)ccc(Br)c1OC(C)C. The first-order chi connectivity index (χ1) is 7.97. The van der Waals surface area contributed by atoms with Crippen molar-refractivity contribution in [2.24, 2.45) is 0 Å². The lowest BCUT2D eigenvalue weighted by Gasteiger charge is -2.16. The molecular weight excluding hydrogens is 284 g/mol. The van der Waals surface area contributed by atoms with Crippen molar-refractivity contribution < 1.29 is 14.3 Å². The molecule has 3 nitrogen and oxygen atoms in total. The summed E-state index contributed by atoms with van der Waals surface area (Å²) in [4.78, 5) is 11.9. The molecular formula is C13H17BrO3. The molecule has 4 heteroatoms. The van der Waals surface area contributed by atoms with E-state index in [1.807, 2.05) is 32.9 Å². The number of aryl methyl sites for hydroxylation is 1. The second-order valence-electron chi connectivity index (χ2n) is 3.96. The predicted molar refractivity (Wildman–Crippen MR) is 70.6 cm³/mol. The number of ether oxygens (including phenoxy) is 2. The lowest BCUT2D eigenvalue weighted by atomic mass is 10.1. The van der Waals surface area contributed by atoms with Crippen LogP contribution in [-0.4, -0.2) is 18.7 Å². The number of benzene rings is 1. The zero-order chi connectivity index (χ0) is 13.0. The third-order valence-electron chi connectivity index (χ3n) is 2.15. The van der Waals surface area contributed by atoms with Gasteiger partial charge in [-0.3, -0.25) is 0 Å². The van der Waals surface area contributed by atoms with Gasteiger partial charge in [-0.1, -0.05) is 6.07 Å². The number of esters is 1. The molecule has 0 radical (unpaired) electrons. The molecule has 0 aromatic heterocycles. The van der Waals surface area contributed by atoms with Gasteiger partial charge in [0.1, 0.15) is 11.3 Å². The number of halogens is 1. The third-order valence-corrected chi connectivity index (χ3v) is 2.78. The van der Waals surface area contributed by atoms with E-state index in [1.54, 1.807) is 6.92 Å². The Labute approximate surface area is 110 Å². The Morgan fingerprint density at radius 1 is 1.41 bits per heavy atom. The van der Waals surface area contributed by atoms with Crippen molar-refractivity contribution in [3.63, 3.8) is 0 Å². The minimum Gasteiger partial charge on any atom is -0.489 e. The van der Waals surface area contributed by atoms with Crippen molar-refractivity contribution in [3.8, 4) is 5.75 Å². The van der Waals surface area contributed by atoms with Crippen LogP contribution < -0.4 is 4.74 Å². The van der Waals surface area contributed by atoms with Gasteiger partial charge in [0.15, 0.2) is 0 Å². The minimum absolute atomic E-state index is 0.00118. The van der Waals surface area contributed by atoms with E-state index in [2.05, 4.69) is 15.9 Å². The van der Waals surface area contributed by atoms with Crippen LogP contribution >= 0.6 is 15.9 Å². The molecule has 0 saturated carbocycles. The number of carbonyl (C=O) groups excluding carboxylic acids is 1. The Bertz CT molecular complexity index is 413. The molecule has 0 N–H and O–H groups in total. The number of hydrogen-bond acceptors (Lipinski definition) is 3. The van der Waals surface area contributed by atoms with Crippen LogP contribution in [0.5, 0.6) is 5.75 Å². The van der Waals surface area contributed by atoms with Gasteiger partial charge in [-0.05, 0) is 55.3 Å². The van der Waals surface area contributed by atoms with Crippen LogP contribution in [0, 0.1) is 6.92 Å². The van der Waals surface area contributed by atoms with Gasteiger partial charge in [-0.2, -0.15) is 0 Å². The summed E-state index contributed by atoms with van der Waals surface area (Å²) < 4.78 is 11.5. The Kier molecular flexibility index (Phi) is 5.00. The van der Waals surface area contributed by atoms with Crippen molar-refractivity contribution in [3.05, 3.63) is 27.7 Å².